The Kier molecular flexibility index (Phi) is 5.63. The summed E-state index contributed by atoms with van der Waals surface area (Å²) < 4.78 is 13.8. The summed E-state index contributed by atoms with van der Waals surface area (Å²) in [5, 5.41) is 14.8. The van der Waals surface area contributed by atoms with Gasteiger partial charge in [0.15, 0.2) is 0 Å². The lowest BCUT2D eigenvalue weighted by Gasteiger charge is -2.34. The van der Waals surface area contributed by atoms with Crippen LogP contribution in [-0.4, -0.2) is 40.2 Å². The molecular weight excluding hydrogens is 425 g/mol. The van der Waals surface area contributed by atoms with Gasteiger partial charge in [0.2, 0.25) is 0 Å². The van der Waals surface area contributed by atoms with Crippen LogP contribution < -0.4 is 10.2 Å². The first-order chi connectivity index (χ1) is 15.6. The zero-order valence-corrected chi connectivity index (χ0v) is 18.4. The molecule has 1 aliphatic heterocycles. The van der Waals surface area contributed by atoms with Crippen LogP contribution in [0.3, 0.4) is 0 Å². The lowest BCUT2D eigenvalue weighted by atomic mass is 10.0. The number of anilines is 1. The van der Waals surface area contributed by atoms with Gasteiger partial charge >= 0.3 is 0 Å². The van der Waals surface area contributed by atoms with Gasteiger partial charge in [0.25, 0.3) is 5.91 Å². The van der Waals surface area contributed by atoms with E-state index in [9.17, 15) is 9.18 Å². The van der Waals surface area contributed by atoms with Gasteiger partial charge in [-0.2, -0.15) is 0 Å². The first-order valence-electron chi connectivity index (χ1n) is 10.6. The highest BCUT2D eigenvalue weighted by Crippen LogP contribution is 2.30. The summed E-state index contributed by atoms with van der Waals surface area (Å²) in [6, 6.07) is 13.8. The molecule has 6 nitrogen and oxygen atoms in total. The maximum Gasteiger partial charge on any atom is 0.259 e. The number of hydrogen-bond donors (Lipinski definition) is 1. The van der Waals surface area contributed by atoms with Crippen LogP contribution in [0.15, 0.2) is 54.7 Å². The van der Waals surface area contributed by atoms with E-state index in [1.807, 2.05) is 31.2 Å². The van der Waals surface area contributed by atoms with E-state index in [2.05, 4.69) is 20.5 Å². The van der Waals surface area contributed by atoms with Crippen LogP contribution in [0.5, 0.6) is 0 Å². The highest BCUT2D eigenvalue weighted by molar-refractivity contribution is 7.14. The molecule has 2 aromatic heterocycles. The SMILES string of the molecule is Cc1nnc(-c2ccc(C(=O)N(c3nccc4cc(F)ccc34)[C@@H]3CCCNC3)cc2)s1. The molecule has 1 saturated heterocycles. The van der Waals surface area contributed by atoms with Crippen molar-refractivity contribution in [2.75, 3.05) is 18.0 Å². The molecule has 4 aromatic rings. The van der Waals surface area contributed by atoms with Crippen molar-refractivity contribution in [3.8, 4) is 10.6 Å². The van der Waals surface area contributed by atoms with Crippen LogP contribution >= 0.6 is 11.3 Å². The molecular formula is C24H22FN5OS. The number of carbonyl (C=O) groups is 1. The number of amides is 1. The fourth-order valence-electron chi connectivity index (χ4n) is 4.12. The number of carbonyl (C=O) groups excluding carboxylic acids is 1. The maximum absolute atomic E-state index is 13.8. The zero-order chi connectivity index (χ0) is 22.1. The minimum atomic E-state index is -0.311. The summed E-state index contributed by atoms with van der Waals surface area (Å²) in [6.07, 6.45) is 3.48. The molecule has 0 saturated carbocycles. The van der Waals surface area contributed by atoms with Crippen molar-refractivity contribution in [2.24, 2.45) is 0 Å². The van der Waals surface area contributed by atoms with Crippen molar-refractivity contribution in [1.82, 2.24) is 20.5 Å². The van der Waals surface area contributed by atoms with Gasteiger partial charge in [0.1, 0.15) is 21.7 Å². The normalized spacial score (nSPS) is 16.2. The molecule has 32 heavy (non-hydrogen) atoms. The molecule has 5 rings (SSSR count). The number of piperidine rings is 1. The Balaban J connectivity index is 1.55. The third-order valence-electron chi connectivity index (χ3n) is 5.69. The van der Waals surface area contributed by atoms with E-state index < -0.39 is 0 Å². The molecule has 0 radical (unpaired) electrons. The van der Waals surface area contributed by atoms with E-state index >= 15 is 0 Å². The molecule has 1 aliphatic rings. The Bertz CT molecular complexity index is 1270. The fraction of sp³-hybridized carbons (Fsp3) is 0.250. The molecule has 0 unspecified atom stereocenters. The van der Waals surface area contributed by atoms with E-state index in [1.165, 1.54) is 23.5 Å². The molecule has 0 aliphatic carbocycles. The molecule has 1 N–H and O–H groups in total. The van der Waals surface area contributed by atoms with Crippen molar-refractivity contribution >= 4 is 33.8 Å². The summed E-state index contributed by atoms with van der Waals surface area (Å²) in [5.41, 5.74) is 1.50. The molecule has 1 fully saturated rings. The summed E-state index contributed by atoms with van der Waals surface area (Å²) in [7, 11) is 0. The Morgan fingerprint density at radius 2 is 2.00 bits per heavy atom. The quantitative estimate of drug-likeness (QED) is 0.495. The van der Waals surface area contributed by atoms with Crippen LogP contribution in [0.2, 0.25) is 0 Å². The highest BCUT2D eigenvalue weighted by atomic mass is 32.1. The van der Waals surface area contributed by atoms with Gasteiger partial charge in [0, 0.05) is 29.3 Å². The van der Waals surface area contributed by atoms with Crippen LogP contribution in [-0.2, 0) is 0 Å². The summed E-state index contributed by atoms with van der Waals surface area (Å²) in [6.45, 7) is 3.54. The van der Waals surface area contributed by atoms with Gasteiger partial charge in [0.05, 0.1) is 6.04 Å². The Morgan fingerprint density at radius 3 is 2.72 bits per heavy atom. The first kappa shape index (κ1) is 20.7. The van der Waals surface area contributed by atoms with Gasteiger partial charge in [-0.3, -0.25) is 9.69 Å². The number of aryl methyl sites for hydroxylation is 1. The van der Waals surface area contributed by atoms with E-state index in [1.54, 1.807) is 23.2 Å². The maximum atomic E-state index is 13.8. The summed E-state index contributed by atoms with van der Waals surface area (Å²) >= 11 is 1.52. The molecule has 1 amide bonds. The van der Waals surface area contributed by atoms with E-state index in [-0.39, 0.29) is 17.8 Å². The lowest BCUT2D eigenvalue weighted by molar-refractivity contribution is 0.0972. The van der Waals surface area contributed by atoms with Crippen LogP contribution in [0, 0.1) is 12.7 Å². The number of benzene rings is 2. The van der Waals surface area contributed by atoms with Gasteiger partial charge in [-0.1, -0.05) is 23.5 Å². The number of nitrogens with one attached hydrogen (secondary N) is 1. The second-order valence-corrected chi connectivity index (χ2v) is 9.06. The number of halogens is 1. The zero-order valence-electron chi connectivity index (χ0n) is 17.6. The largest absolute Gasteiger partial charge is 0.315 e. The number of nitrogens with zero attached hydrogens (tertiary/aromatic N) is 4. The molecule has 0 spiro atoms. The van der Waals surface area contributed by atoms with E-state index in [4.69, 9.17) is 0 Å². The number of pyridine rings is 1. The van der Waals surface area contributed by atoms with Gasteiger partial charge in [-0.15, -0.1) is 10.2 Å². The standard InChI is InChI=1S/C24H22FN5OS/c1-15-28-29-23(32-15)16-4-6-17(7-5-16)24(31)30(20-3-2-11-26-14-20)22-21-9-8-19(25)13-18(21)10-12-27-22/h4-10,12-13,20,26H,2-3,11,14H2,1H3/t20-/m1/s1. The molecule has 162 valence electrons. The van der Waals surface area contributed by atoms with Gasteiger partial charge in [-0.05, 0) is 68.1 Å². The predicted molar refractivity (Wildman–Crippen MR) is 124 cm³/mol. The fourth-order valence-corrected chi connectivity index (χ4v) is 4.82. The van der Waals surface area contributed by atoms with Crippen molar-refractivity contribution in [1.29, 1.82) is 0 Å². The average molecular weight is 448 g/mol. The van der Waals surface area contributed by atoms with Gasteiger partial charge in [-0.25, -0.2) is 9.37 Å². The second-order valence-electron chi connectivity index (χ2n) is 7.88. The van der Waals surface area contributed by atoms with Crippen molar-refractivity contribution in [2.45, 2.75) is 25.8 Å². The third-order valence-corrected chi connectivity index (χ3v) is 6.58. The third kappa shape index (κ3) is 3.99. The molecule has 1 atom stereocenters. The van der Waals surface area contributed by atoms with Crippen molar-refractivity contribution in [3.63, 3.8) is 0 Å². The predicted octanol–water partition coefficient (Wildman–Crippen LogP) is 4.60. The van der Waals surface area contributed by atoms with Crippen LogP contribution in [0.25, 0.3) is 21.3 Å². The molecule has 8 heteroatoms. The number of hydrogen-bond acceptors (Lipinski definition) is 6. The molecule has 3 heterocycles. The Hall–Kier alpha value is -3.23. The minimum absolute atomic E-state index is 0.0371. The average Bonchev–Trinajstić information content (AvgIpc) is 3.26. The molecule has 0 bridgehead atoms. The van der Waals surface area contributed by atoms with Crippen LogP contribution in [0.4, 0.5) is 10.2 Å². The van der Waals surface area contributed by atoms with Crippen molar-refractivity contribution in [3.05, 3.63) is 71.1 Å². The summed E-state index contributed by atoms with van der Waals surface area (Å²) in [5.74, 6) is 0.127. The Labute approximate surface area is 189 Å². The first-order valence-corrected chi connectivity index (χ1v) is 11.4. The summed E-state index contributed by atoms with van der Waals surface area (Å²) in [4.78, 5) is 20.1. The van der Waals surface area contributed by atoms with E-state index in [0.717, 1.165) is 45.7 Å². The number of rotatable bonds is 4. The second kappa shape index (κ2) is 8.72. The smallest absolute Gasteiger partial charge is 0.259 e. The monoisotopic (exact) mass is 447 g/mol. The Morgan fingerprint density at radius 1 is 1.16 bits per heavy atom. The number of aromatic nitrogens is 3. The van der Waals surface area contributed by atoms with Crippen LogP contribution in [0.1, 0.15) is 28.2 Å². The highest BCUT2D eigenvalue weighted by Gasteiger charge is 2.30. The lowest BCUT2D eigenvalue weighted by Crippen LogP contribution is -2.49. The molecule has 2 aromatic carbocycles. The minimum Gasteiger partial charge on any atom is -0.315 e. The topological polar surface area (TPSA) is 71.0 Å². The van der Waals surface area contributed by atoms with E-state index in [0.29, 0.717) is 17.9 Å². The van der Waals surface area contributed by atoms with Gasteiger partial charge < -0.3 is 5.32 Å². The van der Waals surface area contributed by atoms with Crippen molar-refractivity contribution < 1.29 is 9.18 Å². The number of fused-ring (bicyclic) bond motifs is 1.